The van der Waals surface area contributed by atoms with Crippen molar-refractivity contribution < 1.29 is 31.4 Å². The molecule has 13 heavy (non-hydrogen) atoms. The molecule has 1 N–H and O–H groups in total. The fourth-order valence-electron chi connectivity index (χ4n) is 0.483. The van der Waals surface area contributed by atoms with E-state index in [1.807, 2.05) is 0 Å². The summed E-state index contributed by atoms with van der Waals surface area (Å²) in [6.07, 6.45) is -11.7. The lowest BCUT2D eigenvalue weighted by Gasteiger charge is -2.27. The van der Waals surface area contributed by atoms with Gasteiger partial charge in [-0.2, -0.15) is 26.3 Å². The van der Waals surface area contributed by atoms with Crippen molar-refractivity contribution >= 4 is 0 Å². The van der Waals surface area contributed by atoms with Gasteiger partial charge < -0.3 is 5.11 Å². The fraction of sp³-hybridized carbons (Fsp3) is 0.667. The highest BCUT2D eigenvalue weighted by Crippen LogP contribution is 2.42. The average Bonchev–Trinajstić information content (AvgIpc) is 1.82. The molecule has 0 bridgehead atoms. The van der Waals surface area contributed by atoms with E-state index < -0.39 is 18.0 Å². The first kappa shape index (κ1) is 12.1. The summed E-state index contributed by atoms with van der Waals surface area (Å²) in [5.74, 6) is 2.08. The molecule has 0 heterocycles. The minimum absolute atomic E-state index is 0.694. The van der Waals surface area contributed by atoms with Gasteiger partial charge in [0.05, 0.1) is 0 Å². The lowest BCUT2D eigenvalue weighted by molar-refractivity contribution is -0.343. The molecule has 0 aliphatic heterocycles. The van der Waals surface area contributed by atoms with Gasteiger partial charge in [-0.3, -0.25) is 0 Å². The Morgan fingerprint density at radius 3 is 1.31 bits per heavy atom. The van der Waals surface area contributed by atoms with Crippen LogP contribution in [0.4, 0.5) is 26.3 Å². The topological polar surface area (TPSA) is 20.2 Å². The zero-order chi connectivity index (χ0) is 10.9. The van der Waals surface area contributed by atoms with Gasteiger partial charge in [0.2, 0.25) is 0 Å². The van der Waals surface area contributed by atoms with Crippen LogP contribution in [-0.4, -0.2) is 23.1 Å². The van der Waals surface area contributed by atoms with Crippen molar-refractivity contribution in [1.82, 2.24) is 0 Å². The molecule has 0 fully saturated rings. The second-order valence-electron chi connectivity index (χ2n) is 2.08. The van der Waals surface area contributed by atoms with Crippen LogP contribution in [0.15, 0.2) is 0 Å². The molecule has 1 nitrogen and oxygen atoms in total. The van der Waals surface area contributed by atoms with E-state index in [-0.39, 0.29) is 0 Å². The first-order valence-corrected chi connectivity index (χ1v) is 2.86. The predicted molar refractivity (Wildman–Crippen MR) is 30.5 cm³/mol. The second kappa shape index (κ2) is 3.10. The summed E-state index contributed by atoms with van der Waals surface area (Å²) in [6, 6.07) is 0. The summed E-state index contributed by atoms with van der Waals surface area (Å²) in [4.78, 5) is 0. The van der Waals surface area contributed by atoms with Crippen molar-refractivity contribution in [2.45, 2.75) is 24.9 Å². The molecule has 0 radical (unpaired) electrons. The minimum atomic E-state index is -5.85. The van der Waals surface area contributed by atoms with Crippen LogP contribution in [0.25, 0.3) is 0 Å². The van der Waals surface area contributed by atoms with Gasteiger partial charge in [0.1, 0.15) is 0 Å². The molecule has 0 unspecified atom stereocenters. The average molecular weight is 206 g/mol. The fourth-order valence-corrected chi connectivity index (χ4v) is 0.483. The third kappa shape index (κ3) is 2.06. The first-order chi connectivity index (χ1) is 5.56. The standard InChI is InChI=1S/C6H4F6O/c1-2-3-4(13,5(7,8)9)6(10,11)12/h13H,1H3. The Morgan fingerprint density at radius 1 is 0.923 bits per heavy atom. The van der Waals surface area contributed by atoms with Crippen molar-refractivity contribution in [3.63, 3.8) is 0 Å². The molecule has 0 spiro atoms. The Kier molecular flexibility index (Phi) is 2.89. The zero-order valence-electron chi connectivity index (χ0n) is 6.22. The van der Waals surface area contributed by atoms with Crippen LogP contribution < -0.4 is 0 Å². The molecule has 0 amide bonds. The van der Waals surface area contributed by atoms with E-state index in [1.165, 1.54) is 5.92 Å². The Morgan fingerprint density at radius 2 is 1.23 bits per heavy atom. The van der Waals surface area contributed by atoms with E-state index >= 15 is 0 Å². The summed E-state index contributed by atoms with van der Waals surface area (Å²) >= 11 is 0. The summed E-state index contributed by atoms with van der Waals surface area (Å²) in [7, 11) is 0. The lowest BCUT2D eigenvalue weighted by Crippen LogP contribution is -2.55. The van der Waals surface area contributed by atoms with Gasteiger partial charge in [-0.25, -0.2) is 0 Å². The summed E-state index contributed by atoms with van der Waals surface area (Å²) in [5, 5.41) is 8.26. The SMILES string of the molecule is CC#CC(O)(C(F)(F)F)C(F)(F)F. The maximum Gasteiger partial charge on any atom is 0.438 e. The minimum Gasteiger partial charge on any atom is -0.363 e. The molecule has 0 aliphatic carbocycles. The lowest BCUT2D eigenvalue weighted by atomic mass is 10.0. The molecule has 0 aromatic heterocycles. The number of halogens is 6. The largest absolute Gasteiger partial charge is 0.438 e. The molecule has 0 rings (SSSR count). The Bertz CT molecular complexity index is 225. The van der Waals surface area contributed by atoms with Gasteiger partial charge in [-0.15, -0.1) is 5.92 Å². The van der Waals surface area contributed by atoms with Crippen LogP contribution in [-0.2, 0) is 0 Å². The number of hydrogen-bond acceptors (Lipinski definition) is 1. The van der Waals surface area contributed by atoms with Gasteiger partial charge in [0, 0.05) is 0 Å². The second-order valence-corrected chi connectivity index (χ2v) is 2.08. The van der Waals surface area contributed by atoms with Crippen molar-refractivity contribution in [2.75, 3.05) is 0 Å². The Labute approximate surface area is 69.4 Å². The van der Waals surface area contributed by atoms with E-state index in [0.717, 1.165) is 6.92 Å². The van der Waals surface area contributed by atoms with Gasteiger partial charge in [0.15, 0.2) is 0 Å². The van der Waals surface area contributed by atoms with E-state index in [1.54, 1.807) is 0 Å². The summed E-state index contributed by atoms with van der Waals surface area (Å²) < 4.78 is 70.3. The molecular weight excluding hydrogens is 202 g/mol. The summed E-state index contributed by atoms with van der Waals surface area (Å²) in [6.45, 7) is 0.766. The van der Waals surface area contributed by atoms with E-state index in [9.17, 15) is 26.3 Å². The maximum atomic E-state index is 11.7. The van der Waals surface area contributed by atoms with Gasteiger partial charge >= 0.3 is 18.0 Å². The highest BCUT2D eigenvalue weighted by Gasteiger charge is 2.70. The number of rotatable bonds is 0. The van der Waals surface area contributed by atoms with Gasteiger partial charge in [-0.1, -0.05) is 0 Å². The van der Waals surface area contributed by atoms with Crippen molar-refractivity contribution in [1.29, 1.82) is 0 Å². The Hall–Kier alpha value is -0.900. The molecular formula is C6H4F6O. The molecule has 76 valence electrons. The van der Waals surface area contributed by atoms with Crippen molar-refractivity contribution in [3.05, 3.63) is 0 Å². The van der Waals surface area contributed by atoms with Crippen LogP contribution >= 0.6 is 0 Å². The molecule has 7 heteroatoms. The van der Waals surface area contributed by atoms with Crippen LogP contribution in [0, 0.1) is 11.8 Å². The molecule has 0 saturated heterocycles. The van der Waals surface area contributed by atoms with Crippen LogP contribution in [0.1, 0.15) is 6.92 Å². The van der Waals surface area contributed by atoms with Crippen LogP contribution in [0.2, 0.25) is 0 Å². The monoisotopic (exact) mass is 206 g/mol. The zero-order valence-corrected chi connectivity index (χ0v) is 6.22. The van der Waals surface area contributed by atoms with Crippen molar-refractivity contribution in [2.24, 2.45) is 0 Å². The Balaban J connectivity index is 5.30. The van der Waals surface area contributed by atoms with Crippen LogP contribution in [0.5, 0.6) is 0 Å². The molecule has 0 aromatic rings. The third-order valence-corrected chi connectivity index (χ3v) is 1.13. The maximum absolute atomic E-state index is 11.7. The van der Waals surface area contributed by atoms with Gasteiger partial charge in [-0.05, 0) is 12.8 Å². The molecule has 0 saturated carbocycles. The van der Waals surface area contributed by atoms with E-state index in [4.69, 9.17) is 5.11 Å². The van der Waals surface area contributed by atoms with Gasteiger partial charge in [0.25, 0.3) is 0 Å². The highest BCUT2D eigenvalue weighted by molar-refractivity contribution is 5.19. The number of hydrogen-bond donors (Lipinski definition) is 1. The number of alkyl halides is 6. The smallest absolute Gasteiger partial charge is 0.363 e. The molecule has 0 aliphatic rings. The van der Waals surface area contributed by atoms with Crippen LogP contribution in [0.3, 0.4) is 0 Å². The third-order valence-electron chi connectivity index (χ3n) is 1.13. The van der Waals surface area contributed by atoms with E-state index in [0.29, 0.717) is 5.92 Å². The highest BCUT2D eigenvalue weighted by atomic mass is 19.4. The van der Waals surface area contributed by atoms with E-state index in [2.05, 4.69) is 0 Å². The van der Waals surface area contributed by atoms with Crippen molar-refractivity contribution in [3.8, 4) is 11.8 Å². The summed E-state index contributed by atoms with van der Waals surface area (Å²) in [5.41, 5.74) is -4.94. The normalized spacial score (nSPS) is 13.5. The quantitative estimate of drug-likeness (QED) is 0.473. The predicted octanol–water partition coefficient (Wildman–Crippen LogP) is 1.87. The first-order valence-electron chi connectivity index (χ1n) is 2.86. The number of aliphatic hydroxyl groups is 1. The molecule has 0 aromatic carbocycles. The molecule has 0 atom stereocenters.